The van der Waals surface area contributed by atoms with E-state index in [4.69, 9.17) is 0 Å². The Labute approximate surface area is 134 Å². The topological polar surface area (TPSA) is 88.3 Å². The van der Waals surface area contributed by atoms with Gasteiger partial charge >= 0.3 is 10.2 Å². The normalized spacial score (nSPS) is 13.6. The van der Waals surface area contributed by atoms with Gasteiger partial charge in [-0.15, -0.1) is 0 Å². The molecule has 3 aromatic rings. The van der Waals surface area contributed by atoms with E-state index in [1.165, 1.54) is 32.7 Å². The van der Waals surface area contributed by atoms with Gasteiger partial charge in [0.15, 0.2) is 5.82 Å². The first-order valence-electron chi connectivity index (χ1n) is 6.90. The summed E-state index contributed by atoms with van der Waals surface area (Å²) in [4.78, 5) is 8.14. The predicted octanol–water partition coefficient (Wildman–Crippen LogP) is 1.17. The van der Waals surface area contributed by atoms with Crippen LogP contribution in [0, 0.1) is 0 Å². The van der Waals surface area contributed by atoms with Gasteiger partial charge in [0.1, 0.15) is 6.10 Å². The number of imidazole rings is 1. The summed E-state index contributed by atoms with van der Waals surface area (Å²) in [5.41, 5.74) is 0.504. The molecule has 2 heterocycles. The molecule has 8 heteroatoms. The number of hydrogen-bond donors (Lipinski definition) is 1. The van der Waals surface area contributed by atoms with Crippen LogP contribution in [0.3, 0.4) is 0 Å². The molecule has 0 aliphatic rings. The lowest BCUT2D eigenvalue weighted by molar-refractivity contribution is 0.210. The van der Waals surface area contributed by atoms with E-state index in [0.717, 1.165) is 19.1 Å². The molecule has 2 aromatic heterocycles. The van der Waals surface area contributed by atoms with E-state index in [9.17, 15) is 13.5 Å². The maximum Gasteiger partial charge on any atom is 0.308 e. The summed E-state index contributed by atoms with van der Waals surface area (Å²) in [5.74, 6) is 0.0249. The third-order valence-electron chi connectivity index (χ3n) is 3.58. The summed E-state index contributed by atoms with van der Waals surface area (Å²) in [6.45, 7) is 0. The lowest BCUT2D eigenvalue weighted by atomic mass is 10.0. The highest BCUT2D eigenvalue weighted by Crippen LogP contribution is 2.27. The number of pyridine rings is 1. The fourth-order valence-corrected chi connectivity index (χ4v) is 3.31. The zero-order chi connectivity index (χ0) is 16.6. The quantitative estimate of drug-likeness (QED) is 0.775. The minimum atomic E-state index is -3.76. The maximum absolute atomic E-state index is 12.3. The second-order valence-corrected chi connectivity index (χ2v) is 7.24. The number of rotatable bonds is 4. The SMILES string of the molecule is CN(C)S(=O)(=O)n1ccnc1C(O)c1cncc2ccccc12. The van der Waals surface area contributed by atoms with E-state index in [-0.39, 0.29) is 5.82 Å². The largest absolute Gasteiger partial charge is 0.380 e. The standard InChI is InChI=1S/C15H16N4O3S/c1-18(2)23(21,22)19-8-7-17-15(19)14(20)13-10-16-9-11-5-3-4-6-12(11)13/h3-10,14,20H,1-2H3. The van der Waals surface area contributed by atoms with Crippen molar-refractivity contribution in [3.63, 3.8) is 0 Å². The molecular formula is C15H16N4O3S. The summed E-state index contributed by atoms with van der Waals surface area (Å²) >= 11 is 0. The first-order chi connectivity index (χ1) is 10.9. The first kappa shape index (κ1) is 15.6. The lowest BCUT2D eigenvalue weighted by Gasteiger charge is -2.18. The van der Waals surface area contributed by atoms with E-state index >= 15 is 0 Å². The summed E-state index contributed by atoms with van der Waals surface area (Å²) in [6.07, 6.45) is 4.66. The Morgan fingerprint density at radius 2 is 1.96 bits per heavy atom. The van der Waals surface area contributed by atoms with Crippen LogP contribution in [0.5, 0.6) is 0 Å². The van der Waals surface area contributed by atoms with Crippen LogP contribution in [0.1, 0.15) is 17.5 Å². The number of benzene rings is 1. The molecule has 0 fully saturated rings. The van der Waals surface area contributed by atoms with Gasteiger partial charge < -0.3 is 5.11 Å². The molecule has 1 unspecified atom stereocenters. The Hall–Kier alpha value is -2.29. The van der Waals surface area contributed by atoms with E-state index in [1.807, 2.05) is 24.3 Å². The van der Waals surface area contributed by atoms with E-state index < -0.39 is 16.3 Å². The number of nitrogens with zero attached hydrogens (tertiary/aromatic N) is 4. The molecule has 1 atom stereocenters. The van der Waals surface area contributed by atoms with Crippen molar-refractivity contribution in [2.75, 3.05) is 14.1 Å². The van der Waals surface area contributed by atoms with E-state index in [2.05, 4.69) is 9.97 Å². The molecule has 3 rings (SSSR count). The zero-order valence-corrected chi connectivity index (χ0v) is 13.5. The van der Waals surface area contributed by atoms with Crippen LogP contribution in [0.25, 0.3) is 10.8 Å². The molecule has 1 aromatic carbocycles. The summed E-state index contributed by atoms with van der Waals surface area (Å²) in [5, 5.41) is 12.4. The highest BCUT2D eigenvalue weighted by atomic mass is 32.2. The van der Waals surface area contributed by atoms with Gasteiger partial charge in [0.05, 0.1) is 0 Å². The van der Waals surface area contributed by atoms with Gasteiger partial charge in [-0.1, -0.05) is 24.3 Å². The average Bonchev–Trinajstić information content (AvgIpc) is 3.04. The smallest absolute Gasteiger partial charge is 0.308 e. The van der Waals surface area contributed by atoms with Crippen molar-refractivity contribution in [2.24, 2.45) is 0 Å². The van der Waals surface area contributed by atoms with Gasteiger partial charge in [-0.05, 0) is 5.39 Å². The molecule has 0 aliphatic heterocycles. The fraction of sp³-hybridized carbons (Fsp3) is 0.200. The van der Waals surface area contributed by atoms with Crippen molar-refractivity contribution in [1.82, 2.24) is 18.2 Å². The van der Waals surface area contributed by atoms with Gasteiger partial charge in [-0.3, -0.25) is 4.98 Å². The minimum absolute atomic E-state index is 0.0249. The maximum atomic E-state index is 12.3. The fourth-order valence-electron chi connectivity index (χ4n) is 2.36. The Bertz CT molecular complexity index is 945. The summed E-state index contributed by atoms with van der Waals surface area (Å²) in [6, 6.07) is 7.45. The average molecular weight is 332 g/mol. The van der Waals surface area contributed by atoms with Gasteiger partial charge in [-0.2, -0.15) is 12.7 Å². The number of fused-ring (bicyclic) bond motifs is 1. The van der Waals surface area contributed by atoms with Crippen LogP contribution in [0.2, 0.25) is 0 Å². The predicted molar refractivity (Wildman–Crippen MR) is 86.0 cm³/mol. The molecule has 1 N–H and O–H groups in total. The molecular weight excluding hydrogens is 316 g/mol. The number of aliphatic hydroxyl groups excluding tert-OH is 1. The van der Waals surface area contributed by atoms with Crippen molar-refractivity contribution < 1.29 is 13.5 Å². The minimum Gasteiger partial charge on any atom is -0.380 e. The Morgan fingerprint density at radius 3 is 2.70 bits per heavy atom. The molecule has 23 heavy (non-hydrogen) atoms. The third kappa shape index (κ3) is 2.61. The van der Waals surface area contributed by atoms with Gasteiger partial charge in [-0.25, -0.2) is 8.96 Å². The van der Waals surface area contributed by atoms with Crippen LogP contribution >= 0.6 is 0 Å². The van der Waals surface area contributed by atoms with Crippen molar-refractivity contribution in [1.29, 1.82) is 0 Å². The summed E-state index contributed by atoms with van der Waals surface area (Å²) in [7, 11) is -0.920. The zero-order valence-electron chi connectivity index (χ0n) is 12.7. The molecule has 0 bridgehead atoms. The number of aromatic nitrogens is 3. The lowest BCUT2D eigenvalue weighted by Crippen LogP contribution is -2.30. The summed E-state index contributed by atoms with van der Waals surface area (Å²) < 4.78 is 26.7. The highest BCUT2D eigenvalue weighted by Gasteiger charge is 2.26. The van der Waals surface area contributed by atoms with Gasteiger partial charge in [0.25, 0.3) is 0 Å². The molecule has 0 spiro atoms. The van der Waals surface area contributed by atoms with Crippen LogP contribution in [-0.2, 0) is 10.2 Å². The number of aliphatic hydroxyl groups is 1. The second kappa shape index (κ2) is 5.73. The number of hydrogen-bond acceptors (Lipinski definition) is 5. The molecule has 0 saturated carbocycles. The molecule has 7 nitrogen and oxygen atoms in total. The Kier molecular flexibility index (Phi) is 3.88. The highest BCUT2D eigenvalue weighted by molar-refractivity contribution is 7.87. The molecule has 0 radical (unpaired) electrons. The van der Waals surface area contributed by atoms with Gasteiger partial charge in [0.2, 0.25) is 0 Å². The van der Waals surface area contributed by atoms with E-state index in [0.29, 0.717) is 5.56 Å². The van der Waals surface area contributed by atoms with E-state index in [1.54, 1.807) is 6.20 Å². The van der Waals surface area contributed by atoms with Crippen molar-refractivity contribution in [3.05, 3.63) is 60.4 Å². The second-order valence-electron chi connectivity index (χ2n) is 5.22. The van der Waals surface area contributed by atoms with Crippen molar-refractivity contribution in [3.8, 4) is 0 Å². The van der Waals surface area contributed by atoms with Crippen LogP contribution < -0.4 is 0 Å². The molecule has 0 amide bonds. The van der Waals surface area contributed by atoms with Crippen LogP contribution in [-0.4, -0.2) is 45.9 Å². The third-order valence-corrected chi connectivity index (χ3v) is 5.31. The molecule has 120 valence electrons. The van der Waals surface area contributed by atoms with Crippen molar-refractivity contribution >= 4 is 21.0 Å². The Morgan fingerprint density at radius 1 is 1.22 bits per heavy atom. The Balaban J connectivity index is 2.15. The van der Waals surface area contributed by atoms with Crippen molar-refractivity contribution in [2.45, 2.75) is 6.10 Å². The molecule has 0 saturated heterocycles. The molecule has 0 aliphatic carbocycles. The monoisotopic (exact) mass is 332 g/mol. The van der Waals surface area contributed by atoms with Gasteiger partial charge in [0, 0.05) is 49.8 Å². The first-order valence-corrected chi connectivity index (χ1v) is 8.29. The van der Waals surface area contributed by atoms with Crippen LogP contribution in [0.4, 0.5) is 0 Å². The van der Waals surface area contributed by atoms with Crippen LogP contribution in [0.15, 0.2) is 49.1 Å².